The van der Waals surface area contributed by atoms with Gasteiger partial charge in [-0.2, -0.15) is 0 Å². The molecule has 1 aliphatic rings. The third kappa shape index (κ3) is 6.36. The van der Waals surface area contributed by atoms with E-state index >= 15 is 0 Å². The Bertz CT molecular complexity index is 804. The van der Waals surface area contributed by atoms with Crippen LogP contribution in [0.15, 0.2) is 30.4 Å². The van der Waals surface area contributed by atoms with E-state index in [1.807, 2.05) is 0 Å². The number of phenols is 1. The maximum Gasteiger partial charge on any atom is 0.186 e. The zero-order valence-electron chi connectivity index (χ0n) is 18.0. The molecule has 172 valence electrons. The molecule has 2 rings (SSSR count). The number of aromatic hydroxyl groups is 1. The Balaban J connectivity index is 2.59. The molecule has 6 atom stereocenters. The normalized spacial score (nSPS) is 32.0. The van der Waals surface area contributed by atoms with E-state index < -0.39 is 36.5 Å². The van der Waals surface area contributed by atoms with Crippen LogP contribution in [0.2, 0.25) is 0 Å². The van der Waals surface area contributed by atoms with Crippen molar-refractivity contribution in [2.45, 2.75) is 44.6 Å². The van der Waals surface area contributed by atoms with Crippen molar-refractivity contribution in [3.63, 3.8) is 0 Å². The number of phenolic OH excluding ortho intramolecular Hbond substituents is 1. The first-order valence-corrected chi connectivity index (χ1v) is 9.80. The molecule has 31 heavy (non-hydrogen) atoms. The fraction of sp³-hybridized carbons (Fsp3) is 0.500. The van der Waals surface area contributed by atoms with E-state index in [2.05, 4.69) is 0 Å². The number of rotatable bonds is 4. The van der Waals surface area contributed by atoms with Crippen LogP contribution in [0.25, 0.3) is 6.08 Å². The quantitative estimate of drug-likeness (QED) is 0.513. The average molecular weight is 438 g/mol. The molecule has 1 aliphatic heterocycles. The first-order chi connectivity index (χ1) is 14.7. The highest BCUT2D eigenvalue weighted by atomic mass is 16.7. The molecule has 9 nitrogen and oxygen atoms in total. The predicted molar refractivity (Wildman–Crippen MR) is 111 cm³/mol. The summed E-state index contributed by atoms with van der Waals surface area (Å²) in [6.07, 6.45) is -0.982. The molecular formula is C22H30O9. The topological polar surface area (TPSA) is 135 Å². The molecule has 0 radical (unpaired) electrons. The maximum atomic E-state index is 12.3. The van der Waals surface area contributed by atoms with Crippen molar-refractivity contribution in [2.75, 3.05) is 21.0 Å². The molecule has 0 saturated heterocycles. The number of carbonyl (C=O) groups excluding carboxylic acids is 1. The Hall–Kier alpha value is -2.27. The van der Waals surface area contributed by atoms with Crippen molar-refractivity contribution in [1.82, 2.24) is 0 Å². The summed E-state index contributed by atoms with van der Waals surface area (Å²) in [5.74, 6) is -0.961. The number of aliphatic hydroxyl groups excluding tert-OH is 3. The van der Waals surface area contributed by atoms with Gasteiger partial charge in [-0.3, -0.25) is 4.79 Å². The number of ketones is 1. The van der Waals surface area contributed by atoms with Crippen molar-refractivity contribution in [2.24, 2.45) is 5.92 Å². The van der Waals surface area contributed by atoms with Crippen LogP contribution >= 0.6 is 0 Å². The van der Waals surface area contributed by atoms with Crippen molar-refractivity contribution in [3.05, 3.63) is 41.5 Å². The first-order valence-electron chi connectivity index (χ1n) is 9.80. The van der Waals surface area contributed by atoms with Gasteiger partial charge in [-0.1, -0.05) is 25.2 Å². The molecule has 4 N–H and O–H groups in total. The molecule has 0 fully saturated rings. The van der Waals surface area contributed by atoms with Crippen LogP contribution < -0.4 is 4.74 Å². The van der Waals surface area contributed by atoms with E-state index in [9.17, 15) is 25.2 Å². The molecule has 0 spiro atoms. The van der Waals surface area contributed by atoms with Crippen LogP contribution in [0.1, 0.15) is 31.3 Å². The smallest absolute Gasteiger partial charge is 0.186 e. The second-order valence-electron chi connectivity index (χ2n) is 7.30. The Morgan fingerprint density at radius 3 is 2.42 bits per heavy atom. The number of aliphatic hydroxyl groups is 3. The average Bonchev–Trinajstić information content (AvgIpc) is 2.74. The molecule has 1 heterocycles. The lowest BCUT2D eigenvalue weighted by Gasteiger charge is -2.26. The number of hydrogen-bond acceptors (Lipinski definition) is 9. The standard InChI is InChI=1S/C22H30O9/c1-12-5-7-16(23)20(25)21(26)18(30-11-28-3)8-6-14-9-15(29-4)10-17(24)19(14)22(27)31-13(12)2/h5-10,12-13,18,20-22,24-27H,11H2,1-4H3/b7-5-,8-6+/t12-,13+,18?,20?,21?,22?/m1/s1. The highest BCUT2D eigenvalue weighted by Gasteiger charge is 2.30. The predicted octanol–water partition coefficient (Wildman–Crippen LogP) is 1.30. The molecule has 1 aromatic rings. The van der Waals surface area contributed by atoms with Gasteiger partial charge in [0, 0.05) is 19.1 Å². The van der Waals surface area contributed by atoms with Gasteiger partial charge in [-0.05, 0) is 24.6 Å². The van der Waals surface area contributed by atoms with E-state index in [0.29, 0.717) is 11.3 Å². The van der Waals surface area contributed by atoms with Crippen LogP contribution in [0, 0.1) is 5.92 Å². The number of ether oxygens (including phenoxy) is 4. The molecule has 0 bridgehead atoms. The highest BCUT2D eigenvalue weighted by molar-refractivity contribution is 5.93. The number of benzene rings is 1. The lowest BCUT2D eigenvalue weighted by Crippen LogP contribution is -2.42. The summed E-state index contributed by atoms with van der Waals surface area (Å²) < 4.78 is 21.1. The Morgan fingerprint density at radius 2 is 1.77 bits per heavy atom. The molecule has 0 saturated carbocycles. The maximum absolute atomic E-state index is 12.3. The van der Waals surface area contributed by atoms with E-state index in [-0.39, 0.29) is 24.0 Å². The van der Waals surface area contributed by atoms with Crippen molar-refractivity contribution < 1.29 is 44.2 Å². The molecule has 9 heteroatoms. The second-order valence-corrected chi connectivity index (χ2v) is 7.30. The monoisotopic (exact) mass is 438 g/mol. The molecule has 1 aromatic carbocycles. The summed E-state index contributed by atoms with van der Waals surface area (Å²) in [5, 5.41) is 42.0. The van der Waals surface area contributed by atoms with Gasteiger partial charge in [0.1, 0.15) is 36.6 Å². The Morgan fingerprint density at radius 1 is 1.06 bits per heavy atom. The van der Waals surface area contributed by atoms with E-state index in [1.54, 1.807) is 19.9 Å². The van der Waals surface area contributed by atoms with Gasteiger partial charge < -0.3 is 39.4 Å². The van der Waals surface area contributed by atoms with Crippen molar-refractivity contribution >= 4 is 11.9 Å². The second kappa shape index (κ2) is 11.4. The van der Waals surface area contributed by atoms with Gasteiger partial charge >= 0.3 is 0 Å². The van der Waals surface area contributed by atoms with Gasteiger partial charge in [0.25, 0.3) is 0 Å². The number of methoxy groups -OCH3 is 2. The summed E-state index contributed by atoms with van der Waals surface area (Å²) in [7, 11) is 2.81. The van der Waals surface area contributed by atoms with E-state index in [1.165, 1.54) is 38.5 Å². The third-order valence-electron chi connectivity index (χ3n) is 5.09. The molecular weight excluding hydrogens is 408 g/mol. The minimum absolute atomic E-state index is 0.0914. The number of fused-ring (bicyclic) bond motifs is 1. The summed E-state index contributed by atoms with van der Waals surface area (Å²) in [6, 6.07) is 2.89. The van der Waals surface area contributed by atoms with Crippen LogP contribution in [0.3, 0.4) is 0 Å². The summed E-state index contributed by atoms with van der Waals surface area (Å²) in [4.78, 5) is 12.3. The SMILES string of the molecule is COCOC1/C=C/c2cc(OC)cc(O)c2C(O)O[C@@H](C)[C@H](C)/C=C\C(=O)C(O)C1O. The zero-order chi connectivity index (χ0) is 23.1. The van der Waals surface area contributed by atoms with Crippen molar-refractivity contribution in [1.29, 1.82) is 0 Å². The van der Waals surface area contributed by atoms with Gasteiger partial charge in [-0.15, -0.1) is 0 Å². The van der Waals surface area contributed by atoms with Crippen LogP contribution in [-0.2, 0) is 19.0 Å². The van der Waals surface area contributed by atoms with Gasteiger partial charge in [-0.25, -0.2) is 0 Å². The summed E-state index contributed by atoms with van der Waals surface area (Å²) in [6.45, 7) is 3.25. The number of carbonyl (C=O) groups is 1. The zero-order valence-corrected chi connectivity index (χ0v) is 18.0. The molecule has 0 amide bonds. The summed E-state index contributed by atoms with van der Waals surface area (Å²) >= 11 is 0. The van der Waals surface area contributed by atoms with Gasteiger partial charge in [0.2, 0.25) is 0 Å². The highest BCUT2D eigenvalue weighted by Crippen LogP contribution is 2.35. The fourth-order valence-electron chi connectivity index (χ4n) is 3.02. The largest absolute Gasteiger partial charge is 0.507 e. The Labute approximate surface area is 181 Å². The molecule has 0 aliphatic carbocycles. The van der Waals surface area contributed by atoms with Crippen LogP contribution in [-0.4, -0.2) is 71.6 Å². The molecule has 4 unspecified atom stereocenters. The Kier molecular flexibility index (Phi) is 9.17. The van der Waals surface area contributed by atoms with Crippen LogP contribution in [0.4, 0.5) is 0 Å². The van der Waals surface area contributed by atoms with Gasteiger partial charge in [0.05, 0.1) is 18.8 Å². The first kappa shape index (κ1) is 25.0. The fourth-order valence-corrected chi connectivity index (χ4v) is 3.02. The minimum atomic E-state index is -1.74. The van der Waals surface area contributed by atoms with E-state index in [0.717, 1.165) is 6.08 Å². The lowest BCUT2D eigenvalue weighted by atomic mass is 9.98. The van der Waals surface area contributed by atoms with Crippen LogP contribution in [0.5, 0.6) is 11.5 Å². The molecule has 0 aromatic heterocycles. The van der Waals surface area contributed by atoms with Gasteiger partial charge in [0.15, 0.2) is 12.1 Å². The third-order valence-corrected chi connectivity index (χ3v) is 5.09. The number of hydrogen-bond donors (Lipinski definition) is 4. The lowest BCUT2D eigenvalue weighted by molar-refractivity contribution is -0.144. The van der Waals surface area contributed by atoms with Crippen molar-refractivity contribution in [3.8, 4) is 11.5 Å². The summed E-state index contributed by atoms with van der Waals surface area (Å²) in [5.41, 5.74) is 0.421. The van der Waals surface area contributed by atoms with E-state index in [4.69, 9.17) is 18.9 Å². The minimum Gasteiger partial charge on any atom is -0.507 e.